The van der Waals surface area contributed by atoms with Gasteiger partial charge in [0.15, 0.2) is 0 Å². The van der Waals surface area contributed by atoms with Crippen LogP contribution in [0.15, 0.2) is 15.7 Å². The zero-order valence-electron chi connectivity index (χ0n) is 12.4. The number of hydrogen-bond acceptors (Lipinski definition) is 9. The molecule has 0 saturated heterocycles. The number of nitrogens with zero attached hydrogens (tertiary/aromatic N) is 3. The van der Waals surface area contributed by atoms with Crippen LogP contribution in [0.3, 0.4) is 0 Å². The van der Waals surface area contributed by atoms with Crippen molar-refractivity contribution in [1.82, 2.24) is 19.7 Å². The maximum absolute atomic E-state index is 12.1. The van der Waals surface area contributed by atoms with Gasteiger partial charge < -0.3 is 9.47 Å². The topological polar surface area (TPSA) is 132 Å². The summed E-state index contributed by atoms with van der Waals surface area (Å²) in [5.74, 6) is -0.218. The van der Waals surface area contributed by atoms with Crippen molar-refractivity contribution in [3.8, 4) is 12.0 Å². The molecule has 2 rings (SSSR count). The van der Waals surface area contributed by atoms with E-state index < -0.39 is 16.1 Å². The summed E-state index contributed by atoms with van der Waals surface area (Å²) in [5.41, 5.74) is 0.541. The minimum absolute atomic E-state index is 0.0541. The summed E-state index contributed by atoms with van der Waals surface area (Å²) in [7, 11) is -1.33. The maximum atomic E-state index is 12.1. The summed E-state index contributed by atoms with van der Waals surface area (Å²) in [6, 6.07) is 0.431. The molecule has 0 radical (unpaired) electrons. The van der Waals surface area contributed by atoms with Crippen molar-refractivity contribution in [2.24, 2.45) is 0 Å². The summed E-state index contributed by atoms with van der Waals surface area (Å²) >= 11 is 1.01. The highest BCUT2D eigenvalue weighted by Gasteiger charge is 2.22. The highest BCUT2D eigenvalue weighted by atomic mass is 32.2. The first-order chi connectivity index (χ1) is 10.9. The minimum Gasteiger partial charge on any atom is -0.467 e. The summed E-state index contributed by atoms with van der Waals surface area (Å²) in [6.45, 7) is 1.63. The zero-order chi connectivity index (χ0) is 17.0. The van der Waals surface area contributed by atoms with E-state index in [-0.39, 0.29) is 22.2 Å². The minimum atomic E-state index is -3.98. The van der Waals surface area contributed by atoms with Crippen LogP contribution < -0.4 is 19.5 Å². The predicted octanol–water partition coefficient (Wildman–Crippen LogP) is 0.769. The zero-order valence-corrected chi connectivity index (χ0v) is 14.0. The van der Waals surface area contributed by atoms with E-state index in [1.807, 2.05) is 4.72 Å². The highest BCUT2D eigenvalue weighted by molar-refractivity contribution is 7.92. The van der Waals surface area contributed by atoms with Crippen molar-refractivity contribution in [3.63, 3.8) is 0 Å². The third kappa shape index (κ3) is 4.04. The lowest BCUT2D eigenvalue weighted by Gasteiger charge is -2.08. The molecule has 0 aliphatic carbocycles. The van der Waals surface area contributed by atoms with E-state index in [9.17, 15) is 13.2 Å². The van der Waals surface area contributed by atoms with E-state index in [4.69, 9.17) is 9.47 Å². The number of urea groups is 1. The number of nitrogens with one attached hydrogen (secondary N) is 2. The van der Waals surface area contributed by atoms with Gasteiger partial charge in [0.25, 0.3) is 10.0 Å². The van der Waals surface area contributed by atoms with Gasteiger partial charge in [0, 0.05) is 0 Å². The third-order valence-electron chi connectivity index (χ3n) is 2.47. The number of hydrogen-bond donors (Lipinski definition) is 2. The summed E-state index contributed by atoms with van der Waals surface area (Å²) in [6.07, 6.45) is 0. The fourth-order valence-electron chi connectivity index (χ4n) is 1.51. The van der Waals surface area contributed by atoms with Crippen LogP contribution in [-0.4, -0.2) is 43.6 Å². The SMILES string of the molecule is COc1nc(NC(=O)NS(=O)(=O)c2sccc2C)nc(OC)n1. The normalized spacial score (nSPS) is 10.9. The first-order valence-corrected chi connectivity index (χ1v) is 8.44. The lowest BCUT2D eigenvalue weighted by Crippen LogP contribution is -2.34. The molecule has 0 aliphatic rings. The van der Waals surface area contributed by atoms with Crippen molar-refractivity contribution < 1.29 is 22.7 Å². The molecule has 0 aliphatic heterocycles. The largest absolute Gasteiger partial charge is 0.467 e. The molecule has 2 aromatic rings. The first kappa shape index (κ1) is 16.9. The number of amides is 2. The fourth-order valence-corrected chi connectivity index (χ4v) is 3.83. The van der Waals surface area contributed by atoms with Crippen LogP contribution in [0.25, 0.3) is 0 Å². The fraction of sp³-hybridized carbons (Fsp3) is 0.273. The van der Waals surface area contributed by atoms with Gasteiger partial charge in [-0.2, -0.15) is 9.97 Å². The second kappa shape index (κ2) is 6.75. The number of carbonyl (C=O) groups excluding carboxylic acids is 1. The number of aromatic nitrogens is 3. The molecule has 124 valence electrons. The Morgan fingerprint density at radius 3 is 2.26 bits per heavy atom. The Kier molecular flexibility index (Phi) is 4.95. The molecule has 0 atom stereocenters. The monoisotopic (exact) mass is 359 g/mol. The quantitative estimate of drug-likeness (QED) is 0.800. The Morgan fingerprint density at radius 2 is 1.78 bits per heavy atom. The van der Waals surface area contributed by atoms with Gasteiger partial charge in [-0.25, -0.2) is 17.9 Å². The van der Waals surface area contributed by atoms with Crippen LogP contribution in [0.4, 0.5) is 10.7 Å². The number of methoxy groups -OCH3 is 2. The second-order valence-corrected chi connectivity index (χ2v) is 6.88. The summed E-state index contributed by atoms with van der Waals surface area (Å²) < 4.78 is 35.8. The van der Waals surface area contributed by atoms with Gasteiger partial charge >= 0.3 is 18.1 Å². The summed E-state index contributed by atoms with van der Waals surface area (Å²) in [5, 5.41) is 3.80. The highest BCUT2D eigenvalue weighted by Crippen LogP contribution is 2.21. The van der Waals surface area contributed by atoms with E-state index in [0.29, 0.717) is 5.56 Å². The molecule has 0 spiro atoms. The average Bonchev–Trinajstić information content (AvgIpc) is 2.93. The summed E-state index contributed by atoms with van der Waals surface area (Å²) in [4.78, 5) is 23.1. The number of carbonyl (C=O) groups is 1. The van der Waals surface area contributed by atoms with Crippen molar-refractivity contribution >= 4 is 33.3 Å². The van der Waals surface area contributed by atoms with Gasteiger partial charge in [0.05, 0.1) is 14.2 Å². The Balaban J connectivity index is 2.15. The smallest absolute Gasteiger partial charge is 0.335 e. The molecule has 12 heteroatoms. The first-order valence-electron chi connectivity index (χ1n) is 6.07. The Morgan fingerprint density at radius 1 is 1.17 bits per heavy atom. The van der Waals surface area contributed by atoms with E-state index >= 15 is 0 Å². The molecule has 23 heavy (non-hydrogen) atoms. The molecule has 0 aromatic carbocycles. The van der Waals surface area contributed by atoms with Crippen LogP contribution in [0.2, 0.25) is 0 Å². The molecule has 0 fully saturated rings. The van der Waals surface area contributed by atoms with Gasteiger partial charge in [-0.1, -0.05) is 0 Å². The van der Waals surface area contributed by atoms with Crippen LogP contribution in [0.5, 0.6) is 12.0 Å². The number of rotatable bonds is 5. The number of ether oxygens (including phenoxy) is 2. The van der Waals surface area contributed by atoms with Crippen molar-refractivity contribution in [2.45, 2.75) is 11.1 Å². The molecule has 0 bridgehead atoms. The Hall–Kier alpha value is -2.47. The molecule has 2 heterocycles. The maximum Gasteiger partial charge on any atom is 0.335 e. The van der Waals surface area contributed by atoms with Gasteiger partial charge in [-0.3, -0.25) is 5.32 Å². The van der Waals surface area contributed by atoms with Gasteiger partial charge in [0.2, 0.25) is 5.95 Å². The Bertz CT molecular complexity index is 798. The van der Waals surface area contributed by atoms with Crippen molar-refractivity contribution in [1.29, 1.82) is 0 Å². The lowest BCUT2D eigenvalue weighted by molar-refractivity contribution is 0.256. The van der Waals surface area contributed by atoms with E-state index in [2.05, 4.69) is 20.3 Å². The van der Waals surface area contributed by atoms with E-state index in [1.165, 1.54) is 14.2 Å². The molecule has 2 aromatic heterocycles. The van der Waals surface area contributed by atoms with Crippen molar-refractivity contribution in [2.75, 3.05) is 19.5 Å². The van der Waals surface area contributed by atoms with Gasteiger partial charge in [-0.05, 0) is 23.9 Å². The van der Waals surface area contributed by atoms with E-state index in [0.717, 1.165) is 11.3 Å². The van der Waals surface area contributed by atoms with Crippen LogP contribution >= 0.6 is 11.3 Å². The van der Waals surface area contributed by atoms with Crippen LogP contribution in [0, 0.1) is 6.92 Å². The van der Waals surface area contributed by atoms with Gasteiger partial charge in [-0.15, -0.1) is 16.3 Å². The predicted molar refractivity (Wildman–Crippen MR) is 81.3 cm³/mol. The van der Waals surface area contributed by atoms with Crippen LogP contribution in [0.1, 0.15) is 5.56 Å². The standard InChI is InChI=1S/C11H13N5O5S2/c1-6-4-5-22-7(6)23(18,19)16-9(17)12-8-13-10(20-2)15-11(14-8)21-3/h4-5H,1-3H3,(H2,12,13,14,15,16,17). The molecule has 2 amide bonds. The number of thiophene rings is 1. The molecule has 0 saturated carbocycles. The molecular formula is C11H13N5O5S2. The number of sulfonamides is 1. The van der Waals surface area contributed by atoms with E-state index in [1.54, 1.807) is 18.4 Å². The molecule has 2 N–H and O–H groups in total. The Labute approximate surface area is 135 Å². The van der Waals surface area contributed by atoms with Crippen LogP contribution in [-0.2, 0) is 10.0 Å². The third-order valence-corrected chi connectivity index (χ3v) is 5.49. The number of aryl methyl sites for hydroxylation is 1. The van der Waals surface area contributed by atoms with Gasteiger partial charge in [0.1, 0.15) is 4.21 Å². The molecule has 0 unspecified atom stereocenters. The molecular weight excluding hydrogens is 346 g/mol. The lowest BCUT2D eigenvalue weighted by atomic mass is 10.4. The average molecular weight is 359 g/mol. The molecule has 10 nitrogen and oxygen atoms in total. The second-order valence-electron chi connectivity index (χ2n) is 4.08. The van der Waals surface area contributed by atoms with Crippen molar-refractivity contribution in [3.05, 3.63) is 17.0 Å². The number of anilines is 1.